The van der Waals surface area contributed by atoms with E-state index in [4.69, 9.17) is 0 Å². The number of nitrogens with one attached hydrogen (secondary N) is 1. The first-order valence-electron chi connectivity index (χ1n) is 5.68. The zero-order valence-electron chi connectivity index (χ0n) is 10.2. The van der Waals surface area contributed by atoms with Gasteiger partial charge in [0.2, 0.25) is 0 Å². The molecule has 0 saturated heterocycles. The normalized spacial score (nSPS) is 11.8. The number of alkyl halides is 3. The van der Waals surface area contributed by atoms with Gasteiger partial charge in [-0.3, -0.25) is 5.43 Å². The highest BCUT2D eigenvalue weighted by Gasteiger charge is 2.33. The van der Waals surface area contributed by atoms with Crippen molar-refractivity contribution < 1.29 is 17.6 Å². The molecule has 0 aliphatic heterocycles. The first kappa shape index (κ1) is 14.0. The van der Waals surface area contributed by atoms with Crippen LogP contribution in [0.5, 0.6) is 0 Å². The van der Waals surface area contributed by atoms with Crippen molar-refractivity contribution >= 4 is 11.9 Å². The van der Waals surface area contributed by atoms with Gasteiger partial charge in [-0.1, -0.05) is 24.3 Å². The molecule has 0 aliphatic rings. The molecule has 0 fully saturated rings. The minimum absolute atomic E-state index is 0.160. The maximum absolute atomic E-state index is 12.9. The molecular formula is C14H10F4N2. The average Bonchev–Trinajstić information content (AvgIpc) is 2.38. The number of benzene rings is 2. The number of hydrogen-bond acceptors (Lipinski definition) is 2. The van der Waals surface area contributed by atoms with Gasteiger partial charge in [0.15, 0.2) is 0 Å². The fourth-order valence-electron chi connectivity index (χ4n) is 1.59. The van der Waals surface area contributed by atoms with Gasteiger partial charge in [-0.05, 0) is 29.8 Å². The maximum atomic E-state index is 12.9. The Kier molecular flexibility index (Phi) is 4.02. The molecule has 1 N–H and O–H groups in total. The number of hydrazone groups is 1. The Labute approximate surface area is 112 Å². The van der Waals surface area contributed by atoms with E-state index in [1.54, 1.807) is 6.07 Å². The second-order valence-corrected chi connectivity index (χ2v) is 3.97. The van der Waals surface area contributed by atoms with Crippen LogP contribution in [0.1, 0.15) is 11.1 Å². The van der Waals surface area contributed by atoms with Crippen LogP contribution in [0.25, 0.3) is 0 Å². The van der Waals surface area contributed by atoms with Crippen LogP contribution in [0, 0.1) is 5.82 Å². The highest BCUT2D eigenvalue weighted by molar-refractivity contribution is 5.80. The van der Waals surface area contributed by atoms with Crippen molar-refractivity contribution in [2.75, 3.05) is 5.43 Å². The van der Waals surface area contributed by atoms with Crippen molar-refractivity contribution in [3.05, 3.63) is 65.5 Å². The summed E-state index contributed by atoms with van der Waals surface area (Å²) in [6.07, 6.45) is -3.21. The molecule has 6 heteroatoms. The van der Waals surface area contributed by atoms with Crippen molar-refractivity contribution in [2.45, 2.75) is 6.18 Å². The van der Waals surface area contributed by atoms with Crippen molar-refractivity contribution in [1.29, 1.82) is 0 Å². The summed E-state index contributed by atoms with van der Waals surface area (Å²) in [5.41, 5.74) is 1.79. The molecule has 104 valence electrons. The molecule has 0 saturated carbocycles. The molecule has 2 aromatic carbocycles. The number of anilines is 1. The van der Waals surface area contributed by atoms with E-state index in [-0.39, 0.29) is 5.69 Å². The average molecular weight is 282 g/mol. The molecule has 2 rings (SSSR count). The Bertz CT molecular complexity index is 621. The molecule has 0 bridgehead atoms. The Hall–Kier alpha value is -2.37. The van der Waals surface area contributed by atoms with Crippen LogP contribution in [0.2, 0.25) is 0 Å². The molecular weight excluding hydrogens is 272 g/mol. The van der Waals surface area contributed by atoms with Crippen molar-refractivity contribution in [3.63, 3.8) is 0 Å². The second kappa shape index (κ2) is 5.73. The lowest BCUT2D eigenvalue weighted by Gasteiger charge is -2.11. The SMILES string of the molecule is Fc1cccc(/C=N/Nc2ccccc2C(F)(F)F)c1. The first-order valence-corrected chi connectivity index (χ1v) is 5.68. The summed E-state index contributed by atoms with van der Waals surface area (Å²) in [6, 6.07) is 10.6. The molecule has 0 unspecified atom stereocenters. The Morgan fingerprint density at radius 3 is 2.45 bits per heavy atom. The van der Waals surface area contributed by atoms with E-state index in [2.05, 4.69) is 10.5 Å². The van der Waals surface area contributed by atoms with Gasteiger partial charge >= 0.3 is 6.18 Å². The maximum Gasteiger partial charge on any atom is 0.418 e. The Morgan fingerprint density at radius 1 is 1.00 bits per heavy atom. The molecule has 0 spiro atoms. The van der Waals surface area contributed by atoms with Gasteiger partial charge in [0.1, 0.15) is 5.82 Å². The van der Waals surface area contributed by atoms with E-state index in [9.17, 15) is 17.6 Å². The highest BCUT2D eigenvalue weighted by atomic mass is 19.4. The van der Waals surface area contributed by atoms with Gasteiger partial charge in [-0.15, -0.1) is 0 Å². The van der Waals surface area contributed by atoms with E-state index in [1.807, 2.05) is 0 Å². The van der Waals surface area contributed by atoms with Gasteiger partial charge in [-0.2, -0.15) is 18.3 Å². The Morgan fingerprint density at radius 2 is 1.75 bits per heavy atom. The van der Waals surface area contributed by atoms with Crippen molar-refractivity contribution in [2.24, 2.45) is 5.10 Å². The highest BCUT2D eigenvalue weighted by Crippen LogP contribution is 2.34. The minimum Gasteiger partial charge on any atom is -0.278 e. The predicted octanol–water partition coefficient (Wildman–Crippen LogP) is 4.29. The summed E-state index contributed by atoms with van der Waals surface area (Å²) >= 11 is 0. The second-order valence-electron chi connectivity index (χ2n) is 3.97. The van der Waals surface area contributed by atoms with Crippen molar-refractivity contribution in [3.8, 4) is 0 Å². The molecule has 20 heavy (non-hydrogen) atoms. The van der Waals surface area contributed by atoms with Gasteiger partial charge in [0.25, 0.3) is 0 Å². The van der Waals surface area contributed by atoms with Crippen LogP contribution < -0.4 is 5.43 Å². The van der Waals surface area contributed by atoms with Gasteiger partial charge in [0.05, 0.1) is 17.5 Å². The van der Waals surface area contributed by atoms with E-state index in [1.165, 1.54) is 42.6 Å². The van der Waals surface area contributed by atoms with Gasteiger partial charge in [-0.25, -0.2) is 4.39 Å². The standard InChI is InChI=1S/C14H10F4N2/c15-11-5-3-4-10(8-11)9-19-20-13-7-2-1-6-12(13)14(16,17)18/h1-9,20H/b19-9+. The van der Waals surface area contributed by atoms with Crippen molar-refractivity contribution in [1.82, 2.24) is 0 Å². The molecule has 0 heterocycles. The van der Waals surface area contributed by atoms with Crippen LogP contribution in [0.4, 0.5) is 23.2 Å². The van der Waals surface area contributed by atoms with E-state index in [0.717, 1.165) is 6.07 Å². The van der Waals surface area contributed by atoms with E-state index >= 15 is 0 Å². The zero-order chi connectivity index (χ0) is 14.6. The molecule has 0 aliphatic carbocycles. The third kappa shape index (κ3) is 3.57. The predicted molar refractivity (Wildman–Crippen MR) is 69.1 cm³/mol. The summed E-state index contributed by atoms with van der Waals surface area (Å²) < 4.78 is 51.0. The third-order valence-corrected chi connectivity index (χ3v) is 2.48. The van der Waals surface area contributed by atoms with Crippen LogP contribution in [-0.2, 0) is 6.18 Å². The minimum atomic E-state index is -4.46. The molecule has 2 nitrogen and oxygen atoms in total. The topological polar surface area (TPSA) is 24.4 Å². The molecule has 0 amide bonds. The van der Waals surface area contributed by atoms with E-state index < -0.39 is 17.6 Å². The Balaban J connectivity index is 2.16. The van der Waals surface area contributed by atoms with Gasteiger partial charge < -0.3 is 0 Å². The van der Waals surface area contributed by atoms with Crippen LogP contribution >= 0.6 is 0 Å². The molecule has 2 aromatic rings. The summed E-state index contributed by atoms with van der Waals surface area (Å²) in [7, 11) is 0. The largest absolute Gasteiger partial charge is 0.418 e. The fourth-order valence-corrected chi connectivity index (χ4v) is 1.59. The summed E-state index contributed by atoms with van der Waals surface area (Å²) in [5, 5.41) is 3.69. The fraction of sp³-hybridized carbons (Fsp3) is 0.0714. The lowest BCUT2D eigenvalue weighted by molar-refractivity contribution is -0.136. The lowest BCUT2D eigenvalue weighted by atomic mass is 10.2. The number of nitrogens with zero attached hydrogens (tertiary/aromatic N) is 1. The first-order chi connectivity index (χ1) is 9.47. The van der Waals surface area contributed by atoms with Gasteiger partial charge in [0, 0.05) is 0 Å². The smallest absolute Gasteiger partial charge is 0.278 e. The quantitative estimate of drug-likeness (QED) is 0.507. The summed E-state index contributed by atoms with van der Waals surface area (Å²) in [6.45, 7) is 0. The number of rotatable bonds is 3. The van der Waals surface area contributed by atoms with E-state index in [0.29, 0.717) is 5.56 Å². The van der Waals surface area contributed by atoms with Crippen LogP contribution in [-0.4, -0.2) is 6.21 Å². The number of halogens is 4. The third-order valence-electron chi connectivity index (χ3n) is 2.48. The number of para-hydroxylation sites is 1. The lowest BCUT2D eigenvalue weighted by Crippen LogP contribution is -2.08. The summed E-state index contributed by atoms with van der Waals surface area (Å²) in [4.78, 5) is 0. The molecule has 0 aromatic heterocycles. The monoisotopic (exact) mass is 282 g/mol. The number of hydrogen-bond donors (Lipinski definition) is 1. The molecule has 0 radical (unpaired) electrons. The molecule has 0 atom stereocenters. The van der Waals surface area contributed by atoms with Crippen LogP contribution in [0.3, 0.4) is 0 Å². The van der Waals surface area contributed by atoms with Crippen LogP contribution in [0.15, 0.2) is 53.6 Å². The zero-order valence-corrected chi connectivity index (χ0v) is 10.2. The summed E-state index contributed by atoms with van der Waals surface area (Å²) in [5.74, 6) is -0.440.